The predicted octanol–water partition coefficient (Wildman–Crippen LogP) is -0.452. The number of carboxylic acid groups (broad SMARTS) is 1. The smallest absolute Gasteiger partial charge is 0.332 e. The molecule has 1 amide bonds. The molecule has 0 radical (unpaired) electrons. The van der Waals surface area contributed by atoms with Gasteiger partial charge in [0.05, 0.1) is 5.69 Å². The summed E-state index contributed by atoms with van der Waals surface area (Å²) in [6.07, 6.45) is -1.54. The zero-order valence-corrected chi connectivity index (χ0v) is 8.64. The lowest BCUT2D eigenvalue weighted by molar-refractivity contribution is -0.146. The number of carboxylic acids is 1. The van der Waals surface area contributed by atoms with Crippen molar-refractivity contribution in [3.05, 3.63) is 17.5 Å². The van der Waals surface area contributed by atoms with E-state index in [4.69, 9.17) is 14.7 Å². The van der Waals surface area contributed by atoms with Gasteiger partial charge in [-0.1, -0.05) is 5.16 Å². The first-order chi connectivity index (χ1) is 7.50. The van der Waals surface area contributed by atoms with Crippen LogP contribution in [0.4, 0.5) is 0 Å². The third-order valence-corrected chi connectivity index (χ3v) is 1.84. The summed E-state index contributed by atoms with van der Waals surface area (Å²) in [7, 11) is 0. The highest BCUT2D eigenvalue weighted by Gasteiger charge is 2.15. The van der Waals surface area contributed by atoms with Crippen LogP contribution in [0.2, 0.25) is 0 Å². The Morgan fingerprint density at radius 3 is 2.81 bits per heavy atom. The van der Waals surface area contributed by atoms with E-state index in [9.17, 15) is 9.59 Å². The molecule has 7 heteroatoms. The Balaban J connectivity index is 2.34. The molecule has 0 bridgehead atoms. The van der Waals surface area contributed by atoms with Gasteiger partial charge < -0.3 is 20.1 Å². The average molecular weight is 228 g/mol. The summed E-state index contributed by atoms with van der Waals surface area (Å²) < 4.78 is 4.69. The highest BCUT2D eigenvalue weighted by molar-refractivity contribution is 5.91. The number of hydrogen-bond donors (Lipinski definition) is 3. The van der Waals surface area contributed by atoms with Gasteiger partial charge in [0.1, 0.15) is 0 Å². The molecule has 3 N–H and O–H groups in total. The first-order valence-corrected chi connectivity index (χ1v) is 4.63. The van der Waals surface area contributed by atoms with Crippen molar-refractivity contribution < 1.29 is 24.3 Å². The first kappa shape index (κ1) is 12.2. The van der Waals surface area contributed by atoms with Crippen molar-refractivity contribution in [2.75, 3.05) is 6.54 Å². The Bertz CT molecular complexity index is 387. The molecule has 88 valence electrons. The van der Waals surface area contributed by atoms with Gasteiger partial charge in [0.25, 0.3) is 5.91 Å². The fourth-order valence-corrected chi connectivity index (χ4v) is 1.00. The topological polar surface area (TPSA) is 113 Å². The number of carbonyl (C=O) groups excluding carboxylic acids is 1. The van der Waals surface area contributed by atoms with Crippen molar-refractivity contribution in [1.29, 1.82) is 0 Å². The van der Waals surface area contributed by atoms with Gasteiger partial charge in [-0.2, -0.15) is 0 Å². The summed E-state index contributed by atoms with van der Waals surface area (Å²) in [5.41, 5.74) is 0.579. The Morgan fingerprint density at radius 1 is 1.62 bits per heavy atom. The van der Waals surface area contributed by atoms with Crippen LogP contribution in [-0.2, 0) is 4.79 Å². The normalized spacial score (nSPS) is 12.1. The molecule has 1 atom stereocenters. The van der Waals surface area contributed by atoms with E-state index in [0.29, 0.717) is 5.69 Å². The number of rotatable bonds is 5. The van der Waals surface area contributed by atoms with E-state index in [2.05, 4.69) is 10.5 Å². The molecule has 7 nitrogen and oxygen atoms in total. The molecule has 1 aromatic heterocycles. The molecule has 0 aliphatic carbocycles. The number of aromatic nitrogens is 1. The SMILES string of the molecule is Cc1cc(C(=O)NCCC(O)C(=O)O)on1. The highest BCUT2D eigenvalue weighted by atomic mass is 16.5. The molecule has 0 saturated heterocycles. The molecular formula is C9H12N2O5. The predicted molar refractivity (Wildman–Crippen MR) is 51.8 cm³/mol. The largest absolute Gasteiger partial charge is 0.479 e. The fraction of sp³-hybridized carbons (Fsp3) is 0.444. The van der Waals surface area contributed by atoms with Crippen LogP contribution in [0, 0.1) is 6.92 Å². The second kappa shape index (κ2) is 5.26. The monoisotopic (exact) mass is 228 g/mol. The molecule has 1 rings (SSSR count). The highest BCUT2D eigenvalue weighted by Crippen LogP contribution is 2.01. The van der Waals surface area contributed by atoms with Gasteiger partial charge in [0.15, 0.2) is 6.10 Å². The lowest BCUT2D eigenvalue weighted by Crippen LogP contribution is -2.29. The summed E-state index contributed by atoms with van der Waals surface area (Å²) in [6, 6.07) is 1.46. The summed E-state index contributed by atoms with van der Waals surface area (Å²) in [5, 5.41) is 23.2. The number of aliphatic hydroxyl groups is 1. The number of aryl methyl sites for hydroxylation is 1. The van der Waals surface area contributed by atoms with Crippen LogP contribution in [0.5, 0.6) is 0 Å². The number of nitrogens with one attached hydrogen (secondary N) is 1. The minimum Gasteiger partial charge on any atom is -0.479 e. The van der Waals surface area contributed by atoms with E-state index in [1.165, 1.54) is 6.07 Å². The molecular weight excluding hydrogens is 216 g/mol. The fourth-order valence-electron chi connectivity index (χ4n) is 1.00. The number of nitrogens with zero attached hydrogens (tertiary/aromatic N) is 1. The maximum Gasteiger partial charge on any atom is 0.332 e. The van der Waals surface area contributed by atoms with Crippen molar-refractivity contribution in [3.63, 3.8) is 0 Å². The van der Waals surface area contributed by atoms with Gasteiger partial charge >= 0.3 is 5.97 Å². The van der Waals surface area contributed by atoms with E-state index in [-0.39, 0.29) is 18.7 Å². The molecule has 0 aromatic carbocycles. The van der Waals surface area contributed by atoms with E-state index in [1.54, 1.807) is 6.92 Å². The van der Waals surface area contributed by atoms with Gasteiger partial charge in [-0.05, 0) is 6.92 Å². The number of carbonyl (C=O) groups is 2. The molecule has 1 aromatic rings. The average Bonchev–Trinajstić information content (AvgIpc) is 2.64. The lowest BCUT2D eigenvalue weighted by Gasteiger charge is -2.05. The molecule has 0 fully saturated rings. The third kappa shape index (κ3) is 3.35. The Hall–Kier alpha value is -1.89. The molecule has 16 heavy (non-hydrogen) atoms. The Morgan fingerprint density at radius 2 is 2.31 bits per heavy atom. The summed E-state index contributed by atoms with van der Waals surface area (Å²) in [5.74, 6) is -1.75. The van der Waals surface area contributed by atoms with E-state index < -0.39 is 18.0 Å². The van der Waals surface area contributed by atoms with Crippen molar-refractivity contribution in [2.45, 2.75) is 19.4 Å². The zero-order valence-electron chi connectivity index (χ0n) is 8.64. The molecule has 1 unspecified atom stereocenters. The summed E-state index contributed by atoms with van der Waals surface area (Å²) in [6.45, 7) is 1.72. The third-order valence-electron chi connectivity index (χ3n) is 1.84. The van der Waals surface area contributed by atoms with Gasteiger partial charge in [0.2, 0.25) is 5.76 Å². The van der Waals surface area contributed by atoms with Gasteiger partial charge in [-0.15, -0.1) is 0 Å². The van der Waals surface area contributed by atoms with Gasteiger partial charge in [-0.25, -0.2) is 4.79 Å². The van der Waals surface area contributed by atoms with Crippen molar-refractivity contribution in [2.24, 2.45) is 0 Å². The maximum absolute atomic E-state index is 11.3. The molecule has 0 aliphatic rings. The molecule has 0 spiro atoms. The summed E-state index contributed by atoms with van der Waals surface area (Å²) >= 11 is 0. The minimum atomic E-state index is -1.48. The van der Waals surface area contributed by atoms with E-state index in [0.717, 1.165) is 0 Å². The van der Waals surface area contributed by atoms with Crippen LogP contribution in [-0.4, -0.2) is 39.9 Å². The standard InChI is InChI=1S/C9H12N2O5/c1-5-4-7(16-11-5)8(13)10-3-2-6(12)9(14)15/h4,6,12H,2-3H2,1H3,(H,10,13)(H,14,15). The number of aliphatic hydroxyl groups excluding tert-OH is 1. The quantitative estimate of drug-likeness (QED) is 0.629. The van der Waals surface area contributed by atoms with Crippen LogP contribution in [0.1, 0.15) is 22.7 Å². The number of amides is 1. The van der Waals surface area contributed by atoms with Crippen molar-refractivity contribution in [1.82, 2.24) is 10.5 Å². The van der Waals surface area contributed by atoms with Crippen LogP contribution in [0.25, 0.3) is 0 Å². The minimum absolute atomic E-state index is 0.0477. The molecule has 1 heterocycles. The number of aliphatic carboxylic acids is 1. The Labute approximate surface area is 91.0 Å². The maximum atomic E-state index is 11.3. The lowest BCUT2D eigenvalue weighted by atomic mass is 10.2. The van der Waals surface area contributed by atoms with Gasteiger partial charge in [-0.3, -0.25) is 4.79 Å². The zero-order chi connectivity index (χ0) is 12.1. The van der Waals surface area contributed by atoms with Crippen molar-refractivity contribution in [3.8, 4) is 0 Å². The van der Waals surface area contributed by atoms with Crippen LogP contribution >= 0.6 is 0 Å². The second-order valence-electron chi connectivity index (χ2n) is 3.23. The van der Waals surface area contributed by atoms with E-state index >= 15 is 0 Å². The van der Waals surface area contributed by atoms with Crippen LogP contribution in [0.3, 0.4) is 0 Å². The Kier molecular flexibility index (Phi) is 4.01. The second-order valence-corrected chi connectivity index (χ2v) is 3.23. The van der Waals surface area contributed by atoms with Crippen molar-refractivity contribution >= 4 is 11.9 Å². The summed E-state index contributed by atoms with van der Waals surface area (Å²) in [4.78, 5) is 21.6. The van der Waals surface area contributed by atoms with Crippen LogP contribution in [0.15, 0.2) is 10.6 Å². The first-order valence-electron chi connectivity index (χ1n) is 4.63. The number of hydrogen-bond acceptors (Lipinski definition) is 5. The molecule has 0 saturated carbocycles. The van der Waals surface area contributed by atoms with E-state index in [1.807, 2.05) is 0 Å². The van der Waals surface area contributed by atoms with Crippen LogP contribution < -0.4 is 5.32 Å². The van der Waals surface area contributed by atoms with Gasteiger partial charge in [0, 0.05) is 19.0 Å². The molecule has 0 aliphatic heterocycles.